The number of carboxylic acids is 1. The zero-order valence-corrected chi connectivity index (χ0v) is 26.0. The zero-order chi connectivity index (χ0) is 25.9. The first-order valence-corrected chi connectivity index (χ1v) is 15.2. The van der Waals surface area contributed by atoms with Crippen LogP contribution in [-0.4, -0.2) is 44.0 Å². The number of hydrogen-bond acceptors (Lipinski definition) is 6. The van der Waals surface area contributed by atoms with Gasteiger partial charge in [-0.05, 0) is 95.3 Å². The van der Waals surface area contributed by atoms with Crippen molar-refractivity contribution in [1.82, 2.24) is 0 Å². The van der Waals surface area contributed by atoms with E-state index in [2.05, 4.69) is 25.2 Å². The molecule has 7 atom stereocenters. The van der Waals surface area contributed by atoms with Crippen LogP contribution in [0, 0.1) is 17.8 Å². The van der Waals surface area contributed by atoms with Crippen LogP contribution in [0.3, 0.4) is 0 Å². The molecule has 0 N–H and O–H groups in total. The number of carbonyl (C=O) groups excluding carboxylic acids is 1. The van der Waals surface area contributed by atoms with Gasteiger partial charge >= 0.3 is 29.6 Å². The molecule has 210 valence electrons. The molecule has 4 fully saturated rings. The average molecular weight is 541 g/mol. The van der Waals surface area contributed by atoms with E-state index in [-0.39, 0.29) is 60.8 Å². The second kappa shape index (κ2) is 17.6. The number of rotatable bonds is 14. The Morgan fingerprint density at radius 3 is 2.50 bits per heavy atom. The number of aliphatic carboxylic acids is 1. The Hall–Kier alpha value is -0.210. The van der Waals surface area contributed by atoms with E-state index in [9.17, 15) is 9.90 Å². The Morgan fingerprint density at radius 1 is 1.05 bits per heavy atom. The Morgan fingerprint density at radius 2 is 1.82 bits per heavy atom. The summed E-state index contributed by atoms with van der Waals surface area (Å²) in [7, 11) is 0. The Balaban J connectivity index is 0.00000400. The summed E-state index contributed by atoms with van der Waals surface area (Å²) in [4.78, 5) is 10.8. The second-order valence-electron chi connectivity index (χ2n) is 11.6. The van der Waals surface area contributed by atoms with E-state index in [1.165, 1.54) is 37.7 Å². The van der Waals surface area contributed by atoms with Crippen molar-refractivity contribution in [3.8, 4) is 0 Å². The Labute approximate surface area is 252 Å². The third-order valence-corrected chi connectivity index (χ3v) is 8.67. The monoisotopic (exact) mass is 540 g/mol. The molecule has 0 aromatic carbocycles. The van der Waals surface area contributed by atoms with Gasteiger partial charge in [0.2, 0.25) is 0 Å². The van der Waals surface area contributed by atoms with Crippen LogP contribution in [0.25, 0.3) is 0 Å². The minimum atomic E-state index is -0.953. The van der Waals surface area contributed by atoms with Crippen molar-refractivity contribution in [2.75, 3.05) is 13.2 Å². The molecule has 2 unspecified atom stereocenters. The van der Waals surface area contributed by atoms with Crippen molar-refractivity contribution in [3.63, 3.8) is 0 Å². The van der Waals surface area contributed by atoms with E-state index in [4.69, 9.17) is 18.9 Å². The summed E-state index contributed by atoms with van der Waals surface area (Å²) in [6.45, 7) is 3.85. The minimum absolute atomic E-state index is 0. The molecular weight excluding hydrogens is 491 g/mol. The number of ether oxygens (including phenoxy) is 4. The molecule has 2 aliphatic carbocycles. The fourth-order valence-corrected chi connectivity index (χ4v) is 6.70. The summed E-state index contributed by atoms with van der Waals surface area (Å²) in [5.41, 5.74) is 1.49. The van der Waals surface area contributed by atoms with Crippen molar-refractivity contribution in [1.29, 1.82) is 0 Å². The third kappa shape index (κ3) is 10.3. The summed E-state index contributed by atoms with van der Waals surface area (Å²) >= 11 is 0. The van der Waals surface area contributed by atoms with Crippen LogP contribution in [-0.2, 0) is 23.7 Å². The molecule has 0 radical (unpaired) electrons. The van der Waals surface area contributed by atoms with Gasteiger partial charge in [-0.2, -0.15) is 0 Å². The summed E-state index contributed by atoms with van der Waals surface area (Å²) in [5, 5.41) is 10.8. The minimum Gasteiger partial charge on any atom is -0.550 e. The number of fused-ring (bicyclic) bond motifs is 1. The van der Waals surface area contributed by atoms with E-state index in [1.54, 1.807) is 0 Å². The molecule has 0 aromatic heterocycles. The van der Waals surface area contributed by atoms with Gasteiger partial charge in [-0.15, -0.1) is 0 Å². The Kier molecular flexibility index (Phi) is 14.9. The van der Waals surface area contributed by atoms with Crippen molar-refractivity contribution in [3.05, 3.63) is 23.8 Å². The van der Waals surface area contributed by atoms with Gasteiger partial charge in [0.1, 0.15) is 0 Å². The summed E-state index contributed by atoms with van der Waals surface area (Å²) < 4.78 is 24.9. The van der Waals surface area contributed by atoms with Crippen LogP contribution < -0.4 is 34.7 Å². The number of unbranched alkanes of at least 4 members (excludes halogenated alkanes) is 3. The topological polar surface area (TPSA) is 77.1 Å². The van der Waals surface area contributed by atoms with Crippen molar-refractivity contribution < 1.29 is 58.4 Å². The molecule has 4 rings (SSSR count). The number of carbonyl (C=O) groups is 1. The SMILES string of the molecule is CCCCC[C@@H](/C=C/[C@@H]1[C@H]2C/C(=C\CCCC(=O)[O-])C[C@H]2C[C@H]1OC1CCCCO1)OC1CCCCO1.[Na+]. The van der Waals surface area contributed by atoms with E-state index in [0.717, 1.165) is 71.0 Å². The average Bonchev–Trinajstić information content (AvgIpc) is 3.43. The van der Waals surface area contributed by atoms with E-state index in [1.807, 2.05) is 0 Å². The smallest absolute Gasteiger partial charge is 0.550 e. The third-order valence-electron chi connectivity index (χ3n) is 8.67. The van der Waals surface area contributed by atoms with Crippen LogP contribution in [0.1, 0.15) is 110 Å². The van der Waals surface area contributed by atoms with Gasteiger partial charge in [0.15, 0.2) is 12.6 Å². The quantitative estimate of drug-likeness (QED) is 0.192. The largest absolute Gasteiger partial charge is 1.00 e. The maximum Gasteiger partial charge on any atom is 1.00 e. The molecule has 2 aliphatic heterocycles. The standard InChI is InChI=1S/C31H50O6.Na/c1-2-3-4-12-25(36-30-14-7-9-18-34-30)16-17-26-27-21-23(11-5-6-13-29(32)33)20-24(27)22-28(26)37-31-15-8-10-19-35-31;/h11,16-17,24-28,30-31H,2-10,12-15,18-22H2,1H3,(H,32,33);/q;+1/p-1/b17-16+,23-11-;/t24-,25-,26+,27-,28+,30?,31?;/m0./s1. The van der Waals surface area contributed by atoms with Gasteiger partial charge in [0.05, 0.1) is 12.2 Å². The molecule has 38 heavy (non-hydrogen) atoms. The second-order valence-corrected chi connectivity index (χ2v) is 11.6. The first-order chi connectivity index (χ1) is 18.1. The molecule has 0 bridgehead atoms. The number of hydrogen-bond donors (Lipinski definition) is 0. The molecule has 6 nitrogen and oxygen atoms in total. The molecule has 2 saturated heterocycles. The normalized spacial score (nSPS) is 33.3. The molecule has 0 amide bonds. The molecule has 4 aliphatic rings. The van der Waals surface area contributed by atoms with Gasteiger partial charge in [-0.1, -0.05) is 50.0 Å². The van der Waals surface area contributed by atoms with Crippen molar-refractivity contribution in [2.24, 2.45) is 17.8 Å². The van der Waals surface area contributed by atoms with E-state index < -0.39 is 5.97 Å². The molecular formula is C31H49NaO6. The Bertz CT molecular complexity index is 743. The van der Waals surface area contributed by atoms with Gasteiger partial charge in [-0.25, -0.2) is 0 Å². The van der Waals surface area contributed by atoms with Crippen LogP contribution >= 0.6 is 0 Å². The first kappa shape index (κ1) is 32.3. The zero-order valence-electron chi connectivity index (χ0n) is 24.0. The number of allylic oxidation sites excluding steroid dienone is 2. The van der Waals surface area contributed by atoms with Gasteiger partial charge < -0.3 is 28.8 Å². The predicted molar refractivity (Wildman–Crippen MR) is 141 cm³/mol. The fraction of sp³-hybridized carbons (Fsp3) is 0.839. The van der Waals surface area contributed by atoms with Crippen molar-refractivity contribution >= 4 is 5.97 Å². The predicted octanol–water partition coefficient (Wildman–Crippen LogP) is 2.84. The van der Waals surface area contributed by atoms with Crippen molar-refractivity contribution in [2.45, 2.75) is 134 Å². The van der Waals surface area contributed by atoms with Crippen LogP contribution in [0.4, 0.5) is 0 Å². The first-order valence-electron chi connectivity index (χ1n) is 15.2. The summed E-state index contributed by atoms with van der Waals surface area (Å²) in [5.74, 6) is 0.594. The summed E-state index contributed by atoms with van der Waals surface area (Å²) in [6.07, 6.45) is 23.3. The van der Waals surface area contributed by atoms with Crippen LogP contribution in [0.5, 0.6) is 0 Å². The van der Waals surface area contributed by atoms with Crippen LogP contribution in [0.15, 0.2) is 23.8 Å². The molecule has 0 aromatic rings. The number of carboxylic acid groups (broad SMARTS) is 1. The maximum atomic E-state index is 10.8. The van der Waals surface area contributed by atoms with E-state index >= 15 is 0 Å². The molecule has 2 heterocycles. The fourth-order valence-electron chi connectivity index (χ4n) is 6.70. The van der Waals surface area contributed by atoms with Crippen LogP contribution in [0.2, 0.25) is 0 Å². The molecule has 7 heteroatoms. The summed E-state index contributed by atoms with van der Waals surface area (Å²) in [6, 6.07) is 0. The van der Waals surface area contributed by atoms with Gasteiger partial charge in [-0.3, -0.25) is 0 Å². The van der Waals surface area contributed by atoms with Gasteiger partial charge in [0, 0.05) is 25.1 Å². The maximum absolute atomic E-state index is 10.8. The van der Waals surface area contributed by atoms with E-state index in [0.29, 0.717) is 24.2 Å². The molecule has 0 spiro atoms. The molecule has 2 saturated carbocycles. The van der Waals surface area contributed by atoms with Gasteiger partial charge in [0.25, 0.3) is 0 Å².